The van der Waals surface area contributed by atoms with E-state index in [-0.39, 0.29) is 11.9 Å². The van der Waals surface area contributed by atoms with Crippen molar-refractivity contribution >= 4 is 12.0 Å². The summed E-state index contributed by atoms with van der Waals surface area (Å²) in [7, 11) is 1.45. The van der Waals surface area contributed by atoms with E-state index in [1.807, 2.05) is 18.2 Å². The molecule has 0 bridgehead atoms. The molecule has 2 nitrogen and oxygen atoms in total. The van der Waals surface area contributed by atoms with E-state index in [1.165, 1.54) is 12.7 Å². The molecule has 0 fully saturated rings. The van der Waals surface area contributed by atoms with Crippen LogP contribution < -0.4 is 0 Å². The Bertz CT molecular complexity index is 432. The molecule has 0 radical (unpaired) electrons. The second kappa shape index (κ2) is 4.52. The van der Waals surface area contributed by atoms with Crippen LogP contribution in [0.25, 0.3) is 6.08 Å². The number of carbonyl (C=O) groups is 1. The van der Waals surface area contributed by atoms with Gasteiger partial charge in [0.25, 0.3) is 0 Å². The predicted molar refractivity (Wildman–Crippen MR) is 64.1 cm³/mol. The predicted octanol–water partition coefficient (Wildman–Crippen LogP) is 3.14. The molecular weight excluding hydrogens is 200 g/mol. The number of hydrogen-bond donors (Lipinski definition) is 0. The first-order valence-electron chi connectivity index (χ1n) is 5.62. The normalized spacial score (nSPS) is 18.6. The maximum atomic E-state index is 11.7. The standard InChI is InChI=1S/C14H16O2/c1-3-10-8-11-6-4-5-7-12(11)13(9-10)14(15)16-2/h4-8,13H,3,9H2,1-2H3/t13-/m1/s1. The van der Waals surface area contributed by atoms with Crippen molar-refractivity contribution in [1.82, 2.24) is 0 Å². The Balaban J connectivity index is 2.44. The minimum Gasteiger partial charge on any atom is -0.469 e. The molecule has 1 aromatic carbocycles. The summed E-state index contributed by atoms with van der Waals surface area (Å²) in [6.45, 7) is 2.12. The van der Waals surface area contributed by atoms with Gasteiger partial charge in [-0.1, -0.05) is 42.8 Å². The van der Waals surface area contributed by atoms with Gasteiger partial charge in [-0.25, -0.2) is 0 Å². The minimum atomic E-state index is -0.133. The molecular formula is C14H16O2. The van der Waals surface area contributed by atoms with Crippen LogP contribution in [0.1, 0.15) is 36.8 Å². The fourth-order valence-electron chi connectivity index (χ4n) is 2.21. The summed E-state index contributed by atoms with van der Waals surface area (Å²) >= 11 is 0. The lowest BCUT2D eigenvalue weighted by Gasteiger charge is -2.23. The third-order valence-electron chi connectivity index (χ3n) is 3.14. The van der Waals surface area contributed by atoms with E-state index in [1.54, 1.807) is 0 Å². The van der Waals surface area contributed by atoms with Crippen LogP contribution in [0.5, 0.6) is 0 Å². The maximum Gasteiger partial charge on any atom is 0.313 e. The van der Waals surface area contributed by atoms with Crippen LogP contribution in [0.4, 0.5) is 0 Å². The van der Waals surface area contributed by atoms with E-state index >= 15 is 0 Å². The first-order valence-corrected chi connectivity index (χ1v) is 5.62. The van der Waals surface area contributed by atoms with Gasteiger partial charge in [0, 0.05) is 0 Å². The molecule has 1 aromatic rings. The van der Waals surface area contributed by atoms with Gasteiger partial charge in [-0.05, 0) is 24.0 Å². The summed E-state index contributed by atoms with van der Waals surface area (Å²) in [4.78, 5) is 11.7. The topological polar surface area (TPSA) is 26.3 Å². The largest absolute Gasteiger partial charge is 0.469 e. The highest BCUT2D eigenvalue weighted by Gasteiger charge is 2.27. The van der Waals surface area contributed by atoms with Crippen LogP contribution in [0.3, 0.4) is 0 Å². The van der Waals surface area contributed by atoms with Gasteiger partial charge in [0.2, 0.25) is 0 Å². The molecule has 1 aliphatic rings. The number of ether oxygens (including phenoxy) is 1. The molecule has 0 saturated carbocycles. The van der Waals surface area contributed by atoms with E-state index in [2.05, 4.69) is 19.1 Å². The summed E-state index contributed by atoms with van der Waals surface area (Å²) in [5.74, 6) is -0.257. The van der Waals surface area contributed by atoms with Crippen LogP contribution in [0.15, 0.2) is 29.8 Å². The van der Waals surface area contributed by atoms with Crippen molar-refractivity contribution < 1.29 is 9.53 Å². The van der Waals surface area contributed by atoms with E-state index in [4.69, 9.17) is 4.74 Å². The Kier molecular flexibility index (Phi) is 3.09. The zero-order valence-electron chi connectivity index (χ0n) is 9.69. The van der Waals surface area contributed by atoms with Gasteiger partial charge in [0.15, 0.2) is 0 Å². The summed E-state index contributed by atoms with van der Waals surface area (Å²) in [6.07, 6.45) is 3.97. The van der Waals surface area contributed by atoms with Gasteiger partial charge >= 0.3 is 5.97 Å². The summed E-state index contributed by atoms with van der Waals surface area (Å²) in [6, 6.07) is 8.04. The third-order valence-corrected chi connectivity index (χ3v) is 3.14. The summed E-state index contributed by atoms with van der Waals surface area (Å²) in [5.41, 5.74) is 3.56. The lowest BCUT2D eigenvalue weighted by atomic mass is 9.82. The number of esters is 1. The van der Waals surface area contributed by atoms with Crippen molar-refractivity contribution in [3.63, 3.8) is 0 Å². The lowest BCUT2D eigenvalue weighted by Crippen LogP contribution is -2.18. The van der Waals surface area contributed by atoms with Crippen LogP contribution in [0, 0.1) is 0 Å². The molecule has 0 N–H and O–H groups in total. The quantitative estimate of drug-likeness (QED) is 0.710. The van der Waals surface area contributed by atoms with Crippen LogP contribution >= 0.6 is 0 Å². The number of carbonyl (C=O) groups excluding carboxylic acids is 1. The van der Waals surface area contributed by atoms with Gasteiger partial charge in [0.05, 0.1) is 13.0 Å². The van der Waals surface area contributed by atoms with Gasteiger partial charge < -0.3 is 4.74 Å². The lowest BCUT2D eigenvalue weighted by molar-refractivity contribution is -0.142. The number of fused-ring (bicyclic) bond motifs is 1. The fourth-order valence-corrected chi connectivity index (χ4v) is 2.21. The second-order valence-electron chi connectivity index (χ2n) is 4.06. The molecule has 1 atom stereocenters. The third kappa shape index (κ3) is 1.87. The number of allylic oxidation sites excluding steroid dienone is 1. The minimum absolute atomic E-state index is 0.124. The molecule has 2 heteroatoms. The molecule has 2 rings (SSSR count). The van der Waals surface area contributed by atoms with E-state index in [0.29, 0.717) is 0 Å². The van der Waals surface area contributed by atoms with Crippen molar-refractivity contribution in [2.75, 3.05) is 7.11 Å². The number of rotatable bonds is 2. The smallest absolute Gasteiger partial charge is 0.313 e. The van der Waals surface area contributed by atoms with Crippen molar-refractivity contribution in [3.05, 3.63) is 41.0 Å². The molecule has 0 amide bonds. The van der Waals surface area contributed by atoms with Gasteiger partial charge in [-0.3, -0.25) is 4.79 Å². The molecule has 0 saturated heterocycles. The Hall–Kier alpha value is -1.57. The van der Waals surface area contributed by atoms with Crippen LogP contribution in [-0.4, -0.2) is 13.1 Å². The Morgan fingerprint density at radius 3 is 2.88 bits per heavy atom. The van der Waals surface area contributed by atoms with Gasteiger partial charge in [-0.2, -0.15) is 0 Å². The monoisotopic (exact) mass is 216 g/mol. The van der Waals surface area contributed by atoms with Crippen molar-refractivity contribution in [3.8, 4) is 0 Å². The SMILES string of the molecule is CCC1=Cc2ccccc2[C@H](C(=O)OC)C1. The second-order valence-corrected chi connectivity index (χ2v) is 4.06. The maximum absolute atomic E-state index is 11.7. The molecule has 0 heterocycles. The van der Waals surface area contributed by atoms with Crippen LogP contribution in [-0.2, 0) is 9.53 Å². The zero-order valence-corrected chi connectivity index (χ0v) is 9.69. The average molecular weight is 216 g/mol. The highest BCUT2D eigenvalue weighted by Crippen LogP contribution is 2.35. The molecule has 84 valence electrons. The number of methoxy groups -OCH3 is 1. The Morgan fingerprint density at radius 1 is 1.44 bits per heavy atom. The van der Waals surface area contributed by atoms with Crippen LogP contribution in [0.2, 0.25) is 0 Å². The van der Waals surface area contributed by atoms with Crippen molar-refractivity contribution in [2.45, 2.75) is 25.7 Å². The number of hydrogen-bond acceptors (Lipinski definition) is 2. The molecule has 0 unspecified atom stereocenters. The summed E-state index contributed by atoms with van der Waals surface area (Å²) < 4.78 is 4.87. The zero-order chi connectivity index (χ0) is 11.5. The molecule has 0 spiro atoms. The molecule has 0 aliphatic heterocycles. The number of benzene rings is 1. The van der Waals surface area contributed by atoms with E-state index in [0.717, 1.165) is 24.0 Å². The first kappa shape index (κ1) is 10.9. The summed E-state index contributed by atoms with van der Waals surface area (Å²) in [5, 5.41) is 0. The Morgan fingerprint density at radius 2 is 2.19 bits per heavy atom. The highest BCUT2D eigenvalue weighted by molar-refractivity contribution is 5.82. The van der Waals surface area contributed by atoms with Gasteiger partial charge in [-0.15, -0.1) is 0 Å². The van der Waals surface area contributed by atoms with Crippen molar-refractivity contribution in [1.29, 1.82) is 0 Å². The van der Waals surface area contributed by atoms with Gasteiger partial charge in [0.1, 0.15) is 0 Å². The molecule has 0 aromatic heterocycles. The molecule has 1 aliphatic carbocycles. The Labute approximate surface area is 95.9 Å². The first-order chi connectivity index (χ1) is 7.76. The fraction of sp³-hybridized carbons (Fsp3) is 0.357. The highest BCUT2D eigenvalue weighted by atomic mass is 16.5. The van der Waals surface area contributed by atoms with Crippen molar-refractivity contribution in [2.24, 2.45) is 0 Å². The van der Waals surface area contributed by atoms with E-state index < -0.39 is 0 Å². The molecule has 16 heavy (non-hydrogen) atoms. The average Bonchev–Trinajstić information content (AvgIpc) is 2.36. The van der Waals surface area contributed by atoms with E-state index in [9.17, 15) is 4.79 Å².